The minimum atomic E-state index is -3.62. The molecule has 130 valence electrons. The van der Waals surface area contributed by atoms with Crippen LogP contribution in [-0.4, -0.2) is 58.5 Å². The largest absolute Gasteiger partial charge is 0.473 e. The standard InChI is InChI=1S/C14H19N5O4S/c1-18-9-13(16-10-18)24(20,21)19-7-3-4-11(8-19)23-12-5-6-15-14(17-12)22-2/h5-6,9-11H,3-4,7-8H2,1-2H3. The van der Waals surface area contributed by atoms with Crippen LogP contribution in [0.15, 0.2) is 29.8 Å². The van der Waals surface area contributed by atoms with Gasteiger partial charge in [-0.05, 0) is 12.8 Å². The Morgan fingerprint density at radius 3 is 2.88 bits per heavy atom. The lowest BCUT2D eigenvalue weighted by Gasteiger charge is -2.31. The molecule has 0 N–H and O–H groups in total. The summed E-state index contributed by atoms with van der Waals surface area (Å²) >= 11 is 0. The van der Waals surface area contributed by atoms with Crippen LogP contribution in [0.25, 0.3) is 0 Å². The number of ether oxygens (including phenoxy) is 2. The van der Waals surface area contributed by atoms with Crippen molar-refractivity contribution in [3.8, 4) is 11.9 Å². The molecule has 0 bridgehead atoms. The number of aromatic nitrogens is 4. The van der Waals surface area contributed by atoms with Crippen LogP contribution in [0, 0.1) is 0 Å². The van der Waals surface area contributed by atoms with E-state index in [1.54, 1.807) is 17.7 Å². The third-order valence-electron chi connectivity index (χ3n) is 3.70. The fraction of sp³-hybridized carbons (Fsp3) is 0.500. The Bertz CT molecular complexity index is 807. The van der Waals surface area contributed by atoms with Crippen LogP contribution in [0.2, 0.25) is 0 Å². The van der Waals surface area contributed by atoms with Crippen molar-refractivity contribution in [2.45, 2.75) is 24.0 Å². The number of hydrogen-bond donors (Lipinski definition) is 0. The zero-order valence-electron chi connectivity index (χ0n) is 13.5. The van der Waals surface area contributed by atoms with Crippen molar-refractivity contribution in [2.75, 3.05) is 20.2 Å². The summed E-state index contributed by atoms with van der Waals surface area (Å²) in [5, 5.41) is 0.0503. The lowest BCUT2D eigenvalue weighted by atomic mass is 10.1. The topological polar surface area (TPSA) is 99.4 Å². The predicted octanol–water partition coefficient (Wildman–Crippen LogP) is 0.451. The maximum Gasteiger partial charge on any atom is 0.319 e. The molecule has 0 spiro atoms. The second-order valence-corrected chi connectivity index (χ2v) is 7.39. The van der Waals surface area contributed by atoms with Crippen molar-refractivity contribution >= 4 is 10.0 Å². The molecule has 24 heavy (non-hydrogen) atoms. The second-order valence-electron chi connectivity index (χ2n) is 5.50. The highest BCUT2D eigenvalue weighted by Gasteiger charge is 2.32. The molecule has 3 rings (SSSR count). The van der Waals surface area contributed by atoms with Crippen LogP contribution >= 0.6 is 0 Å². The van der Waals surface area contributed by atoms with Crippen LogP contribution in [-0.2, 0) is 17.1 Å². The van der Waals surface area contributed by atoms with Gasteiger partial charge in [0.2, 0.25) is 5.88 Å². The summed E-state index contributed by atoms with van der Waals surface area (Å²) in [5.74, 6) is 0.365. The monoisotopic (exact) mass is 353 g/mol. The first kappa shape index (κ1) is 16.7. The minimum absolute atomic E-state index is 0.0503. The predicted molar refractivity (Wildman–Crippen MR) is 84.2 cm³/mol. The number of methoxy groups -OCH3 is 1. The van der Waals surface area contributed by atoms with E-state index >= 15 is 0 Å². The van der Waals surface area contributed by atoms with Gasteiger partial charge in [0.15, 0.2) is 5.03 Å². The SMILES string of the molecule is COc1nccc(OC2CCCN(S(=O)(=O)c3cn(C)cn3)C2)n1. The molecule has 2 aromatic heterocycles. The maximum atomic E-state index is 12.6. The molecule has 10 heteroatoms. The molecule has 0 aliphatic carbocycles. The van der Waals surface area contributed by atoms with Gasteiger partial charge in [-0.25, -0.2) is 18.4 Å². The number of rotatable bonds is 5. The van der Waals surface area contributed by atoms with Gasteiger partial charge in [0.25, 0.3) is 10.0 Å². The highest BCUT2D eigenvalue weighted by molar-refractivity contribution is 7.89. The molecular weight excluding hydrogens is 334 g/mol. The first-order chi connectivity index (χ1) is 11.5. The van der Waals surface area contributed by atoms with Crippen molar-refractivity contribution in [3.05, 3.63) is 24.8 Å². The van der Waals surface area contributed by atoms with Crippen molar-refractivity contribution < 1.29 is 17.9 Å². The number of imidazole rings is 1. The molecule has 1 saturated heterocycles. The van der Waals surface area contributed by atoms with E-state index in [1.165, 1.54) is 30.1 Å². The van der Waals surface area contributed by atoms with Gasteiger partial charge in [-0.3, -0.25) is 0 Å². The Balaban J connectivity index is 1.72. The number of piperidine rings is 1. The third-order valence-corrected chi connectivity index (χ3v) is 5.46. The molecule has 1 fully saturated rings. The average molecular weight is 353 g/mol. The van der Waals surface area contributed by atoms with E-state index in [4.69, 9.17) is 9.47 Å². The first-order valence-corrected chi connectivity index (χ1v) is 8.95. The van der Waals surface area contributed by atoms with Crippen LogP contribution in [0.3, 0.4) is 0 Å². The summed E-state index contributed by atoms with van der Waals surface area (Å²) in [6.07, 6.45) is 5.68. The summed E-state index contributed by atoms with van der Waals surface area (Å²) in [6, 6.07) is 1.83. The molecule has 1 aliphatic rings. The van der Waals surface area contributed by atoms with E-state index in [-0.39, 0.29) is 23.7 Å². The first-order valence-electron chi connectivity index (χ1n) is 7.51. The summed E-state index contributed by atoms with van der Waals surface area (Å²) in [5.41, 5.74) is 0. The molecule has 9 nitrogen and oxygen atoms in total. The molecular formula is C14H19N5O4S. The normalized spacial score (nSPS) is 19.2. The maximum absolute atomic E-state index is 12.6. The number of sulfonamides is 1. The molecule has 1 atom stereocenters. The zero-order chi connectivity index (χ0) is 17.2. The average Bonchev–Trinajstić information content (AvgIpc) is 3.02. The summed E-state index contributed by atoms with van der Waals surface area (Å²) < 4.78 is 39.1. The Morgan fingerprint density at radius 2 is 2.17 bits per heavy atom. The van der Waals surface area contributed by atoms with E-state index in [9.17, 15) is 8.42 Å². The van der Waals surface area contributed by atoms with Crippen LogP contribution < -0.4 is 9.47 Å². The fourth-order valence-electron chi connectivity index (χ4n) is 2.53. The molecule has 1 unspecified atom stereocenters. The van der Waals surface area contributed by atoms with Crippen LogP contribution in [0.4, 0.5) is 0 Å². The second kappa shape index (κ2) is 6.73. The molecule has 0 radical (unpaired) electrons. The molecule has 2 aromatic rings. The summed E-state index contributed by atoms with van der Waals surface area (Å²) in [4.78, 5) is 12.0. The van der Waals surface area contributed by atoms with Gasteiger partial charge < -0.3 is 14.0 Å². The number of nitrogens with zero attached hydrogens (tertiary/aromatic N) is 5. The Hall–Kier alpha value is -2.20. The summed E-state index contributed by atoms with van der Waals surface area (Å²) in [7, 11) is -0.409. The Kier molecular flexibility index (Phi) is 4.67. The third kappa shape index (κ3) is 3.49. The molecule has 3 heterocycles. The smallest absolute Gasteiger partial charge is 0.319 e. The van der Waals surface area contributed by atoms with Crippen molar-refractivity contribution in [1.82, 2.24) is 23.8 Å². The molecule has 0 saturated carbocycles. The highest BCUT2D eigenvalue weighted by Crippen LogP contribution is 2.22. The van der Waals surface area contributed by atoms with E-state index in [1.807, 2.05) is 0 Å². The van der Waals surface area contributed by atoms with Crippen LogP contribution in [0.5, 0.6) is 11.9 Å². The quantitative estimate of drug-likeness (QED) is 0.769. The Labute approximate surface area is 140 Å². The highest BCUT2D eigenvalue weighted by atomic mass is 32.2. The van der Waals surface area contributed by atoms with E-state index in [2.05, 4.69) is 15.0 Å². The Morgan fingerprint density at radius 1 is 1.33 bits per heavy atom. The number of aryl methyl sites for hydroxylation is 1. The fourth-order valence-corrected chi connectivity index (χ4v) is 4.01. The molecule has 0 amide bonds. The molecule has 1 aliphatic heterocycles. The van der Waals surface area contributed by atoms with E-state index < -0.39 is 10.0 Å². The lowest BCUT2D eigenvalue weighted by molar-refractivity contribution is 0.123. The van der Waals surface area contributed by atoms with Crippen LogP contribution in [0.1, 0.15) is 12.8 Å². The van der Waals surface area contributed by atoms with E-state index in [0.29, 0.717) is 18.8 Å². The lowest BCUT2D eigenvalue weighted by Crippen LogP contribution is -2.44. The zero-order valence-corrected chi connectivity index (χ0v) is 14.3. The van der Waals surface area contributed by atoms with Gasteiger partial charge in [0.05, 0.1) is 20.0 Å². The summed E-state index contributed by atoms with van der Waals surface area (Å²) in [6.45, 7) is 0.705. The van der Waals surface area contributed by atoms with Crippen molar-refractivity contribution in [1.29, 1.82) is 0 Å². The van der Waals surface area contributed by atoms with Gasteiger partial charge in [-0.1, -0.05) is 0 Å². The van der Waals surface area contributed by atoms with Gasteiger partial charge >= 0.3 is 6.01 Å². The van der Waals surface area contributed by atoms with Gasteiger partial charge in [-0.2, -0.15) is 9.29 Å². The van der Waals surface area contributed by atoms with E-state index in [0.717, 1.165) is 6.42 Å². The van der Waals surface area contributed by atoms with Gasteiger partial charge in [0, 0.05) is 32.1 Å². The minimum Gasteiger partial charge on any atom is -0.473 e. The number of hydrogen-bond acceptors (Lipinski definition) is 7. The van der Waals surface area contributed by atoms with Crippen molar-refractivity contribution in [2.24, 2.45) is 7.05 Å². The molecule has 0 aromatic carbocycles. The van der Waals surface area contributed by atoms with Gasteiger partial charge in [0.1, 0.15) is 6.10 Å². The van der Waals surface area contributed by atoms with Gasteiger partial charge in [-0.15, -0.1) is 0 Å². The van der Waals surface area contributed by atoms with Crippen molar-refractivity contribution in [3.63, 3.8) is 0 Å².